The summed E-state index contributed by atoms with van der Waals surface area (Å²) in [6.07, 6.45) is 1.52. The molecule has 0 bridgehead atoms. The van der Waals surface area contributed by atoms with Crippen molar-refractivity contribution in [3.63, 3.8) is 0 Å². The third-order valence-corrected chi connectivity index (χ3v) is 4.08. The zero-order chi connectivity index (χ0) is 16.8. The van der Waals surface area contributed by atoms with Gasteiger partial charge in [0.25, 0.3) is 0 Å². The Kier molecular flexibility index (Phi) is 5.61. The number of morpholine rings is 1. The number of carbonyl (C=O) groups excluding carboxylic acids is 1. The Balaban J connectivity index is 1.42. The van der Waals surface area contributed by atoms with E-state index in [-0.39, 0.29) is 12.0 Å². The van der Waals surface area contributed by atoms with Crippen molar-refractivity contribution in [3.05, 3.63) is 47.7 Å². The van der Waals surface area contributed by atoms with Crippen LogP contribution in [0.2, 0.25) is 0 Å². The van der Waals surface area contributed by atoms with E-state index in [9.17, 15) is 4.79 Å². The number of aryl methyl sites for hydroxylation is 1. The number of anilines is 1. The summed E-state index contributed by atoms with van der Waals surface area (Å²) in [5, 5.41) is 6.52. The molecule has 0 radical (unpaired) electrons. The van der Waals surface area contributed by atoms with Gasteiger partial charge in [-0.25, -0.2) is 0 Å². The fourth-order valence-corrected chi connectivity index (χ4v) is 2.87. The summed E-state index contributed by atoms with van der Waals surface area (Å²) in [7, 11) is 0. The Morgan fingerprint density at radius 3 is 2.96 bits per heavy atom. The fourth-order valence-electron chi connectivity index (χ4n) is 2.87. The molecule has 1 fully saturated rings. The highest BCUT2D eigenvalue weighted by atomic mass is 16.5. The first kappa shape index (κ1) is 16.7. The quantitative estimate of drug-likeness (QED) is 0.880. The number of ether oxygens (including phenoxy) is 1. The van der Waals surface area contributed by atoms with E-state index in [1.165, 1.54) is 5.56 Å². The van der Waals surface area contributed by atoms with E-state index >= 15 is 0 Å². The number of hydrogen-bond acceptors (Lipinski definition) is 5. The van der Waals surface area contributed by atoms with Gasteiger partial charge in [0.2, 0.25) is 5.91 Å². The molecule has 1 atom stereocenters. The van der Waals surface area contributed by atoms with Crippen molar-refractivity contribution < 1.29 is 14.1 Å². The third kappa shape index (κ3) is 4.91. The van der Waals surface area contributed by atoms with Crippen LogP contribution >= 0.6 is 0 Å². The van der Waals surface area contributed by atoms with Gasteiger partial charge < -0.3 is 14.6 Å². The molecule has 1 saturated heterocycles. The zero-order valence-corrected chi connectivity index (χ0v) is 13.9. The summed E-state index contributed by atoms with van der Waals surface area (Å²) in [5.74, 6) is 1.11. The summed E-state index contributed by atoms with van der Waals surface area (Å²) < 4.78 is 10.8. The molecule has 0 spiro atoms. The van der Waals surface area contributed by atoms with E-state index in [1.54, 1.807) is 13.0 Å². The van der Waals surface area contributed by atoms with Crippen LogP contribution < -0.4 is 5.32 Å². The highest BCUT2D eigenvalue weighted by molar-refractivity contribution is 5.89. The minimum atomic E-state index is -0.0469. The summed E-state index contributed by atoms with van der Waals surface area (Å²) in [6, 6.07) is 12.1. The zero-order valence-electron chi connectivity index (χ0n) is 13.9. The largest absolute Gasteiger partial charge is 0.375 e. The second kappa shape index (κ2) is 8.08. The minimum Gasteiger partial charge on any atom is -0.375 e. The number of nitrogens with one attached hydrogen (secondary N) is 1. The van der Waals surface area contributed by atoms with Gasteiger partial charge in [-0.05, 0) is 18.9 Å². The smallest absolute Gasteiger partial charge is 0.226 e. The Bertz CT molecular complexity index is 657. The van der Waals surface area contributed by atoms with E-state index in [0.717, 1.165) is 26.1 Å². The second-order valence-electron chi connectivity index (χ2n) is 6.10. The van der Waals surface area contributed by atoms with E-state index in [4.69, 9.17) is 9.26 Å². The van der Waals surface area contributed by atoms with Gasteiger partial charge in [0.05, 0.1) is 12.7 Å². The highest BCUT2D eigenvalue weighted by Gasteiger charge is 2.21. The maximum atomic E-state index is 12.0. The van der Waals surface area contributed by atoms with E-state index < -0.39 is 0 Å². The van der Waals surface area contributed by atoms with Crippen LogP contribution in [-0.2, 0) is 16.0 Å². The Morgan fingerprint density at radius 1 is 1.38 bits per heavy atom. The predicted octanol–water partition coefficient (Wildman–Crippen LogP) is 2.26. The summed E-state index contributed by atoms with van der Waals surface area (Å²) >= 11 is 0. The maximum Gasteiger partial charge on any atom is 0.226 e. The van der Waals surface area contributed by atoms with Crippen LogP contribution in [0, 0.1) is 6.92 Å². The van der Waals surface area contributed by atoms with Gasteiger partial charge in [-0.15, -0.1) is 0 Å². The van der Waals surface area contributed by atoms with Gasteiger partial charge in [-0.3, -0.25) is 9.69 Å². The number of hydrogen-bond donors (Lipinski definition) is 1. The van der Waals surface area contributed by atoms with Gasteiger partial charge in [-0.2, -0.15) is 0 Å². The van der Waals surface area contributed by atoms with Crippen LogP contribution in [0.1, 0.15) is 17.7 Å². The molecule has 1 aliphatic heterocycles. The number of carbonyl (C=O) groups is 1. The molecular weight excluding hydrogens is 306 g/mol. The molecule has 0 aliphatic carbocycles. The number of amides is 1. The summed E-state index contributed by atoms with van der Waals surface area (Å²) in [6.45, 7) is 4.94. The monoisotopic (exact) mass is 329 g/mol. The highest BCUT2D eigenvalue weighted by Crippen LogP contribution is 2.12. The molecule has 1 amide bonds. The number of aromatic nitrogens is 1. The standard InChI is InChI=1S/C18H23N3O3/c1-14-11-17(20-24-14)19-18(22)7-8-21-9-10-23-16(13-21)12-15-5-3-2-4-6-15/h2-6,11,16H,7-10,12-13H2,1H3,(H,19,20,22). The van der Waals surface area contributed by atoms with Crippen LogP contribution in [-0.4, -0.2) is 48.3 Å². The lowest BCUT2D eigenvalue weighted by Gasteiger charge is -2.32. The molecule has 3 rings (SSSR count). The number of nitrogens with zero attached hydrogens (tertiary/aromatic N) is 2. The molecule has 128 valence electrons. The summed E-state index contributed by atoms with van der Waals surface area (Å²) in [5.41, 5.74) is 1.28. The molecule has 6 heteroatoms. The van der Waals surface area contributed by atoms with E-state index in [0.29, 0.717) is 24.6 Å². The van der Waals surface area contributed by atoms with Crippen molar-refractivity contribution in [1.82, 2.24) is 10.1 Å². The Hall–Kier alpha value is -2.18. The Morgan fingerprint density at radius 2 is 2.21 bits per heavy atom. The van der Waals surface area contributed by atoms with Gasteiger partial charge in [-0.1, -0.05) is 35.5 Å². The van der Waals surface area contributed by atoms with E-state index in [1.807, 2.05) is 18.2 Å². The molecule has 1 aromatic heterocycles. The van der Waals surface area contributed by atoms with Gasteiger partial charge >= 0.3 is 0 Å². The lowest BCUT2D eigenvalue weighted by Crippen LogP contribution is -2.44. The molecule has 1 aliphatic rings. The van der Waals surface area contributed by atoms with Crippen LogP contribution in [0.25, 0.3) is 0 Å². The van der Waals surface area contributed by atoms with Crippen LogP contribution in [0.15, 0.2) is 40.9 Å². The second-order valence-corrected chi connectivity index (χ2v) is 6.10. The average molecular weight is 329 g/mol. The van der Waals surface area contributed by atoms with Crippen molar-refractivity contribution >= 4 is 11.7 Å². The normalized spacial score (nSPS) is 18.5. The molecule has 0 saturated carbocycles. The Labute approximate surface area is 141 Å². The van der Waals surface area contributed by atoms with E-state index in [2.05, 4.69) is 27.5 Å². The number of benzene rings is 1. The minimum absolute atomic E-state index is 0.0469. The van der Waals surface area contributed by atoms with Crippen LogP contribution in [0.3, 0.4) is 0 Å². The first-order valence-corrected chi connectivity index (χ1v) is 8.30. The lowest BCUT2D eigenvalue weighted by atomic mass is 10.1. The van der Waals surface area contributed by atoms with Crippen molar-refractivity contribution in [2.24, 2.45) is 0 Å². The molecule has 1 aromatic carbocycles. The first-order chi connectivity index (χ1) is 11.7. The SMILES string of the molecule is Cc1cc(NC(=O)CCN2CCOC(Cc3ccccc3)C2)no1. The molecule has 2 heterocycles. The third-order valence-electron chi connectivity index (χ3n) is 4.08. The van der Waals surface area contributed by atoms with Crippen LogP contribution in [0.5, 0.6) is 0 Å². The van der Waals surface area contributed by atoms with Crippen molar-refractivity contribution in [2.75, 3.05) is 31.6 Å². The van der Waals surface area contributed by atoms with Gasteiger partial charge in [0.15, 0.2) is 5.82 Å². The number of rotatable bonds is 6. The summed E-state index contributed by atoms with van der Waals surface area (Å²) in [4.78, 5) is 14.3. The van der Waals surface area contributed by atoms with Crippen molar-refractivity contribution in [3.8, 4) is 0 Å². The molecule has 6 nitrogen and oxygen atoms in total. The van der Waals surface area contributed by atoms with Crippen LogP contribution in [0.4, 0.5) is 5.82 Å². The maximum absolute atomic E-state index is 12.0. The molecule has 2 aromatic rings. The molecule has 24 heavy (non-hydrogen) atoms. The topological polar surface area (TPSA) is 67.6 Å². The average Bonchev–Trinajstić information content (AvgIpc) is 2.99. The molecule has 1 N–H and O–H groups in total. The van der Waals surface area contributed by atoms with Gasteiger partial charge in [0, 0.05) is 32.1 Å². The molecule has 1 unspecified atom stereocenters. The fraction of sp³-hybridized carbons (Fsp3) is 0.444. The first-order valence-electron chi connectivity index (χ1n) is 8.30. The lowest BCUT2D eigenvalue weighted by molar-refractivity contribution is -0.117. The van der Waals surface area contributed by atoms with Crippen molar-refractivity contribution in [2.45, 2.75) is 25.9 Å². The molecular formula is C18H23N3O3. The van der Waals surface area contributed by atoms with Gasteiger partial charge in [0.1, 0.15) is 5.76 Å². The van der Waals surface area contributed by atoms with Crippen molar-refractivity contribution in [1.29, 1.82) is 0 Å². The predicted molar refractivity (Wildman–Crippen MR) is 90.8 cm³/mol.